The van der Waals surface area contributed by atoms with Gasteiger partial charge >= 0.3 is 0 Å². The summed E-state index contributed by atoms with van der Waals surface area (Å²) < 4.78 is 20.3. The highest BCUT2D eigenvalue weighted by atomic mass is 16.5. The third kappa shape index (κ3) is 6.68. The lowest BCUT2D eigenvalue weighted by molar-refractivity contribution is -0.0840. The summed E-state index contributed by atoms with van der Waals surface area (Å²) in [6.07, 6.45) is 5.80. The number of hydrogen-bond acceptors (Lipinski definition) is 5. The van der Waals surface area contributed by atoms with E-state index in [1.807, 2.05) is 19.5 Å². The molecule has 0 spiro atoms. The van der Waals surface area contributed by atoms with Crippen molar-refractivity contribution in [2.45, 2.75) is 65.1 Å². The summed E-state index contributed by atoms with van der Waals surface area (Å²) in [5.74, 6) is 3.37. The van der Waals surface area contributed by atoms with E-state index in [0.29, 0.717) is 19.1 Å². The SMILES string of the molecule is COC1(COc2ccc(C)cc2C)CCN(Cc2ccc(OCCn3ccnc3C(C)C)cc2)CC1. The molecule has 0 N–H and O–H groups in total. The molecular formula is C30H41N3O3. The molecule has 0 bridgehead atoms. The molecule has 0 unspecified atom stereocenters. The van der Waals surface area contributed by atoms with Crippen LogP contribution in [0.5, 0.6) is 11.5 Å². The Kier molecular flexibility index (Phi) is 8.70. The molecular weight excluding hydrogens is 450 g/mol. The van der Waals surface area contributed by atoms with Gasteiger partial charge in [-0.3, -0.25) is 4.90 Å². The highest BCUT2D eigenvalue weighted by molar-refractivity contribution is 5.35. The molecule has 0 radical (unpaired) electrons. The number of nitrogens with zero attached hydrogens (tertiary/aromatic N) is 3. The zero-order chi connectivity index (χ0) is 25.5. The Hall–Kier alpha value is -2.83. The Balaban J connectivity index is 1.22. The predicted octanol–water partition coefficient (Wildman–Crippen LogP) is 5.76. The van der Waals surface area contributed by atoms with E-state index >= 15 is 0 Å². The topological polar surface area (TPSA) is 48.8 Å². The number of aryl methyl sites for hydroxylation is 2. The monoisotopic (exact) mass is 491 g/mol. The minimum absolute atomic E-state index is 0.226. The first-order chi connectivity index (χ1) is 17.4. The maximum Gasteiger partial charge on any atom is 0.122 e. The maximum atomic E-state index is 6.20. The summed E-state index contributed by atoms with van der Waals surface area (Å²) in [6.45, 7) is 13.5. The minimum atomic E-state index is -0.226. The summed E-state index contributed by atoms with van der Waals surface area (Å²) in [6, 6.07) is 14.8. The van der Waals surface area contributed by atoms with Gasteiger partial charge in [0, 0.05) is 45.1 Å². The van der Waals surface area contributed by atoms with Gasteiger partial charge < -0.3 is 18.8 Å². The lowest BCUT2D eigenvalue weighted by atomic mass is 9.91. The zero-order valence-electron chi connectivity index (χ0n) is 22.5. The number of imidazole rings is 1. The lowest BCUT2D eigenvalue weighted by Gasteiger charge is -2.40. The van der Waals surface area contributed by atoms with Gasteiger partial charge in [-0.1, -0.05) is 43.7 Å². The molecule has 1 aromatic heterocycles. The van der Waals surface area contributed by atoms with Gasteiger partial charge in [-0.15, -0.1) is 0 Å². The van der Waals surface area contributed by atoms with Gasteiger partial charge in [-0.05, 0) is 56.0 Å². The molecule has 2 aromatic carbocycles. The highest BCUT2D eigenvalue weighted by Gasteiger charge is 2.35. The predicted molar refractivity (Wildman–Crippen MR) is 144 cm³/mol. The number of aromatic nitrogens is 2. The van der Waals surface area contributed by atoms with Crippen molar-refractivity contribution in [3.63, 3.8) is 0 Å². The Bertz CT molecular complexity index is 1100. The van der Waals surface area contributed by atoms with E-state index < -0.39 is 0 Å². The smallest absolute Gasteiger partial charge is 0.122 e. The van der Waals surface area contributed by atoms with Gasteiger partial charge in [0.1, 0.15) is 36.1 Å². The Morgan fingerprint density at radius 3 is 2.42 bits per heavy atom. The fraction of sp³-hybridized carbons (Fsp3) is 0.500. The third-order valence-corrected chi connectivity index (χ3v) is 7.22. The molecule has 0 amide bonds. The fourth-order valence-corrected chi connectivity index (χ4v) is 4.92. The molecule has 1 saturated heterocycles. The second-order valence-corrected chi connectivity index (χ2v) is 10.3. The van der Waals surface area contributed by atoms with Crippen LogP contribution in [0.1, 0.15) is 55.1 Å². The molecule has 0 saturated carbocycles. The third-order valence-electron chi connectivity index (χ3n) is 7.22. The molecule has 2 heterocycles. The van der Waals surface area contributed by atoms with Crippen LogP contribution in [0, 0.1) is 13.8 Å². The van der Waals surface area contributed by atoms with Crippen LogP contribution in [0.15, 0.2) is 54.9 Å². The quantitative estimate of drug-likeness (QED) is 0.341. The standard InChI is InChI=1S/C30H41N3O3/c1-23(2)29-31-14-17-33(29)18-19-35-27-9-7-26(8-10-27)21-32-15-12-30(34-5,13-16-32)22-36-28-11-6-24(3)20-25(28)4/h6-11,14,17,20,23H,12-13,15-16,18-19,21-22H2,1-5H3. The van der Waals surface area contributed by atoms with Gasteiger partial charge in [0.25, 0.3) is 0 Å². The summed E-state index contributed by atoms with van der Waals surface area (Å²) in [5.41, 5.74) is 3.50. The number of rotatable bonds is 11. The number of piperidine rings is 1. The van der Waals surface area contributed by atoms with Crippen LogP contribution in [-0.4, -0.2) is 53.5 Å². The van der Waals surface area contributed by atoms with Crippen molar-refractivity contribution in [3.8, 4) is 11.5 Å². The van der Waals surface area contributed by atoms with Crippen molar-refractivity contribution in [1.82, 2.24) is 14.5 Å². The molecule has 6 nitrogen and oxygen atoms in total. The second kappa shape index (κ2) is 11.9. The molecule has 194 valence electrons. The van der Waals surface area contributed by atoms with Crippen molar-refractivity contribution in [1.29, 1.82) is 0 Å². The van der Waals surface area contributed by atoms with Crippen molar-refractivity contribution in [2.75, 3.05) is 33.4 Å². The number of benzene rings is 2. The van der Waals surface area contributed by atoms with E-state index in [0.717, 1.165) is 56.3 Å². The van der Waals surface area contributed by atoms with Crippen molar-refractivity contribution in [3.05, 3.63) is 77.4 Å². The number of likely N-dealkylation sites (tertiary alicyclic amines) is 1. The van der Waals surface area contributed by atoms with Gasteiger partial charge in [0.2, 0.25) is 0 Å². The molecule has 3 aromatic rings. The average molecular weight is 492 g/mol. The van der Waals surface area contributed by atoms with Crippen molar-refractivity contribution in [2.24, 2.45) is 0 Å². The largest absolute Gasteiger partial charge is 0.492 e. The zero-order valence-corrected chi connectivity index (χ0v) is 22.5. The van der Waals surface area contributed by atoms with Gasteiger partial charge in [-0.2, -0.15) is 0 Å². The molecule has 1 aliphatic rings. The van der Waals surface area contributed by atoms with Gasteiger partial charge in [-0.25, -0.2) is 4.98 Å². The molecule has 0 aliphatic carbocycles. The van der Waals surface area contributed by atoms with Crippen LogP contribution in [-0.2, 0) is 17.8 Å². The number of ether oxygens (including phenoxy) is 3. The maximum absolute atomic E-state index is 6.20. The van der Waals surface area contributed by atoms with E-state index in [9.17, 15) is 0 Å². The summed E-state index contributed by atoms with van der Waals surface area (Å²) >= 11 is 0. The van der Waals surface area contributed by atoms with E-state index in [1.165, 1.54) is 16.7 Å². The van der Waals surface area contributed by atoms with Crippen LogP contribution >= 0.6 is 0 Å². The van der Waals surface area contributed by atoms with E-state index in [4.69, 9.17) is 14.2 Å². The van der Waals surface area contributed by atoms with Crippen LogP contribution < -0.4 is 9.47 Å². The summed E-state index contributed by atoms with van der Waals surface area (Å²) in [7, 11) is 1.82. The van der Waals surface area contributed by atoms with Crippen molar-refractivity contribution < 1.29 is 14.2 Å². The van der Waals surface area contributed by atoms with Crippen LogP contribution in [0.25, 0.3) is 0 Å². The van der Waals surface area contributed by atoms with Gasteiger partial charge in [0.15, 0.2) is 0 Å². The molecule has 1 aliphatic heterocycles. The second-order valence-electron chi connectivity index (χ2n) is 10.3. The van der Waals surface area contributed by atoms with E-state index in [2.05, 4.69) is 84.6 Å². The Morgan fingerprint density at radius 2 is 1.75 bits per heavy atom. The number of methoxy groups -OCH3 is 1. The average Bonchev–Trinajstić information content (AvgIpc) is 3.35. The van der Waals surface area contributed by atoms with Crippen molar-refractivity contribution >= 4 is 0 Å². The van der Waals surface area contributed by atoms with Gasteiger partial charge in [0.05, 0.1) is 6.54 Å². The van der Waals surface area contributed by atoms with Crippen LogP contribution in [0.4, 0.5) is 0 Å². The first-order valence-corrected chi connectivity index (χ1v) is 13.1. The molecule has 4 rings (SSSR count). The van der Waals surface area contributed by atoms with E-state index in [-0.39, 0.29) is 5.60 Å². The normalized spacial score (nSPS) is 15.8. The first-order valence-electron chi connectivity index (χ1n) is 13.1. The summed E-state index contributed by atoms with van der Waals surface area (Å²) in [4.78, 5) is 6.94. The number of hydrogen-bond donors (Lipinski definition) is 0. The molecule has 36 heavy (non-hydrogen) atoms. The minimum Gasteiger partial charge on any atom is -0.492 e. The van der Waals surface area contributed by atoms with Crippen LogP contribution in [0.3, 0.4) is 0 Å². The summed E-state index contributed by atoms with van der Waals surface area (Å²) in [5, 5.41) is 0. The fourth-order valence-electron chi connectivity index (χ4n) is 4.92. The Morgan fingerprint density at radius 1 is 1.00 bits per heavy atom. The first kappa shape index (κ1) is 26.2. The molecule has 1 fully saturated rings. The van der Waals surface area contributed by atoms with Crippen LogP contribution in [0.2, 0.25) is 0 Å². The van der Waals surface area contributed by atoms with E-state index in [1.54, 1.807) is 0 Å². The lowest BCUT2D eigenvalue weighted by Crippen LogP contribution is -2.48. The molecule has 6 heteroatoms. The highest BCUT2D eigenvalue weighted by Crippen LogP contribution is 2.29. The Labute approximate surface area is 216 Å². The molecule has 0 atom stereocenters.